The Morgan fingerprint density at radius 2 is 2.11 bits per heavy atom. The summed E-state index contributed by atoms with van der Waals surface area (Å²) in [5, 5.41) is 7.37. The molecule has 1 amide bonds. The molecule has 2 heterocycles. The van der Waals surface area contributed by atoms with Gasteiger partial charge in [-0.05, 0) is 56.0 Å². The lowest BCUT2D eigenvalue weighted by Gasteiger charge is -2.12. The van der Waals surface area contributed by atoms with Crippen LogP contribution >= 0.6 is 0 Å². The molecule has 6 nitrogen and oxygen atoms in total. The maximum absolute atomic E-state index is 13.3. The van der Waals surface area contributed by atoms with E-state index < -0.39 is 0 Å². The minimum absolute atomic E-state index is 0.131. The second-order valence-electron chi connectivity index (χ2n) is 6.97. The van der Waals surface area contributed by atoms with Crippen molar-refractivity contribution in [2.75, 3.05) is 7.11 Å². The number of hydrogen-bond acceptors (Lipinski definition) is 4. The first kappa shape index (κ1) is 17.6. The number of hydrogen-bond donors (Lipinski definition) is 1. The molecule has 140 valence electrons. The average molecular weight is 368 g/mol. The average Bonchev–Trinajstić information content (AvgIpc) is 3.42. The Morgan fingerprint density at radius 1 is 1.37 bits per heavy atom. The van der Waals surface area contributed by atoms with Crippen LogP contribution in [0.25, 0.3) is 16.9 Å². The normalized spacial score (nSPS) is 15.1. The molecule has 1 saturated carbocycles. The maximum atomic E-state index is 13.3. The van der Waals surface area contributed by atoms with E-state index in [0.717, 1.165) is 24.1 Å². The highest BCUT2D eigenvalue weighted by atomic mass is 19.1. The molecule has 27 heavy (non-hydrogen) atoms. The Bertz CT molecular complexity index is 980. The SMILES string of the molecule is COCc1cc(-c2ccc(F)cc2)nc2c(C(=O)N[C@@H](C)C3CC3)cnn12. The van der Waals surface area contributed by atoms with Gasteiger partial charge in [0, 0.05) is 18.7 Å². The molecule has 0 spiro atoms. The van der Waals surface area contributed by atoms with E-state index in [1.54, 1.807) is 23.8 Å². The zero-order chi connectivity index (χ0) is 19.0. The largest absolute Gasteiger partial charge is 0.378 e. The number of ether oxygens (including phenoxy) is 1. The van der Waals surface area contributed by atoms with Gasteiger partial charge in [-0.1, -0.05) is 0 Å². The highest BCUT2D eigenvalue weighted by molar-refractivity contribution is 6.00. The lowest BCUT2D eigenvalue weighted by Crippen LogP contribution is -2.34. The summed E-state index contributed by atoms with van der Waals surface area (Å²) in [7, 11) is 1.60. The predicted octanol–water partition coefficient (Wildman–Crippen LogP) is 3.21. The van der Waals surface area contributed by atoms with Crippen LogP contribution in [0.1, 0.15) is 35.8 Å². The van der Waals surface area contributed by atoms with Crippen LogP contribution < -0.4 is 5.32 Å². The van der Waals surface area contributed by atoms with Gasteiger partial charge in [-0.3, -0.25) is 4.79 Å². The van der Waals surface area contributed by atoms with Gasteiger partial charge in [0.1, 0.15) is 11.4 Å². The Labute approximate surface area is 156 Å². The molecule has 1 fully saturated rings. The molecule has 1 N–H and O–H groups in total. The molecular weight excluding hydrogens is 347 g/mol. The fourth-order valence-electron chi connectivity index (χ4n) is 3.20. The number of nitrogens with zero attached hydrogens (tertiary/aromatic N) is 3. The van der Waals surface area contributed by atoms with Crippen LogP contribution in [-0.2, 0) is 11.3 Å². The van der Waals surface area contributed by atoms with Crippen molar-refractivity contribution in [2.45, 2.75) is 32.4 Å². The van der Waals surface area contributed by atoms with Crippen molar-refractivity contribution in [3.05, 3.63) is 53.6 Å². The summed E-state index contributed by atoms with van der Waals surface area (Å²) < 4.78 is 20.1. The van der Waals surface area contributed by atoms with Crippen molar-refractivity contribution in [3.63, 3.8) is 0 Å². The number of carbonyl (C=O) groups excluding carboxylic acids is 1. The van der Waals surface area contributed by atoms with Gasteiger partial charge in [0.05, 0.1) is 24.2 Å². The van der Waals surface area contributed by atoms with Crippen molar-refractivity contribution in [1.29, 1.82) is 0 Å². The summed E-state index contributed by atoms with van der Waals surface area (Å²) in [4.78, 5) is 17.4. The minimum atomic E-state index is -0.310. The molecule has 3 aromatic rings. The Balaban J connectivity index is 1.76. The lowest BCUT2D eigenvalue weighted by molar-refractivity contribution is 0.0937. The van der Waals surface area contributed by atoms with Crippen molar-refractivity contribution in [1.82, 2.24) is 19.9 Å². The molecule has 2 aromatic heterocycles. The van der Waals surface area contributed by atoms with E-state index in [2.05, 4.69) is 15.4 Å². The molecule has 4 rings (SSSR count). The lowest BCUT2D eigenvalue weighted by atomic mass is 10.1. The molecule has 1 aliphatic carbocycles. The number of fused-ring (bicyclic) bond motifs is 1. The predicted molar refractivity (Wildman–Crippen MR) is 98.7 cm³/mol. The number of carbonyl (C=O) groups is 1. The van der Waals surface area contributed by atoms with E-state index in [9.17, 15) is 9.18 Å². The number of aromatic nitrogens is 3. The fraction of sp³-hybridized carbons (Fsp3) is 0.350. The van der Waals surface area contributed by atoms with E-state index in [1.807, 2.05) is 13.0 Å². The van der Waals surface area contributed by atoms with Gasteiger partial charge in [0.2, 0.25) is 0 Å². The fourth-order valence-corrected chi connectivity index (χ4v) is 3.20. The van der Waals surface area contributed by atoms with Crippen molar-refractivity contribution in [2.24, 2.45) is 5.92 Å². The zero-order valence-electron chi connectivity index (χ0n) is 15.3. The summed E-state index contributed by atoms with van der Waals surface area (Å²) in [5.41, 5.74) is 3.04. The summed E-state index contributed by atoms with van der Waals surface area (Å²) in [6, 6.07) is 8.07. The summed E-state index contributed by atoms with van der Waals surface area (Å²) in [6.07, 6.45) is 3.84. The van der Waals surface area contributed by atoms with Crippen molar-refractivity contribution >= 4 is 11.6 Å². The molecular formula is C20H21FN4O2. The van der Waals surface area contributed by atoms with E-state index in [-0.39, 0.29) is 17.8 Å². The number of halogens is 1. The van der Waals surface area contributed by atoms with Gasteiger partial charge in [-0.15, -0.1) is 0 Å². The van der Waals surface area contributed by atoms with E-state index in [1.165, 1.54) is 18.3 Å². The van der Waals surface area contributed by atoms with Crippen molar-refractivity contribution < 1.29 is 13.9 Å². The zero-order valence-corrected chi connectivity index (χ0v) is 15.3. The van der Waals surface area contributed by atoms with Gasteiger partial charge >= 0.3 is 0 Å². The van der Waals surface area contributed by atoms with Crippen LogP contribution in [0.4, 0.5) is 4.39 Å². The molecule has 0 bridgehead atoms. The van der Waals surface area contributed by atoms with E-state index >= 15 is 0 Å². The first-order valence-corrected chi connectivity index (χ1v) is 9.00. The molecule has 0 radical (unpaired) electrons. The molecule has 1 aromatic carbocycles. The van der Waals surface area contributed by atoms with Gasteiger partial charge in [0.25, 0.3) is 5.91 Å². The van der Waals surface area contributed by atoms with Crippen LogP contribution in [0, 0.1) is 11.7 Å². The Morgan fingerprint density at radius 3 is 2.78 bits per heavy atom. The molecule has 0 unspecified atom stereocenters. The summed E-state index contributed by atoms with van der Waals surface area (Å²) in [5.74, 6) is 0.0644. The number of methoxy groups -OCH3 is 1. The molecule has 0 aliphatic heterocycles. The smallest absolute Gasteiger partial charge is 0.256 e. The second kappa shape index (κ2) is 7.08. The third-order valence-electron chi connectivity index (χ3n) is 4.91. The quantitative estimate of drug-likeness (QED) is 0.725. The highest BCUT2D eigenvalue weighted by Gasteiger charge is 2.30. The van der Waals surface area contributed by atoms with E-state index in [0.29, 0.717) is 29.4 Å². The molecule has 7 heteroatoms. The maximum Gasteiger partial charge on any atom is 0.256 e. The van der Waals surface area contributed by atoms with Crippen molar-refractivity contribution in [3.8, 4) is 11.3 Å². The van der Waals surface area contributed by atoms with Crippen LogP contribution in [-0.4, -0.2) is 33.7 Å². The second-order valence-corrected chi connectivity index (χ2v) is 6.97. The van der Waals surface area contributed by atoms with Crippen LogP contribution in [0.5, 0.6) is 0 Å². The van der Waals surface area contributed by atoms with Crippen LogP contribution in [0.15, 0.2) is 36.5 Å². The van der Waals surface area contributed by atoms with Gasteiger partial charge in [0.15, 0.2) is 5.65 Å². The van der Waals surface area contributed by atoms with Gasteiger partial charge in [-0.2, -0.15) is 5.10 Å². The topological polar surface area (TPSA) is 68.5 Å². The minimum Gasteiger partial charge on any atom is -0.378 e. The van der Waals surface area contributed by atoms with Gasteiger partial charge in [-0.25, -0.2) is 13.9 Å². The number of nitrogens with one attached hydrogen (secondary N) is 1. The molecule has 0 saturated heterocycles. The number of benzene rings is 1. The van der Waals surface area contributed by atoms with Gasteiger partial charge < -0.3 is 10.1 Å². The Kier molecular flexibility index (Phi) is 4.61. The summed E-state index contributed by atoms with van der Waals surface area (Å²) >= 11 is 0. The first-order valence-electron chi connectivity index (χ1n) is 9.00. The third kappa shape index (κ3) is 3.55. The number of rotatable bonds is 6. The summed E-state index contributed by atoms with van der Waals surface area (Å²) in [6.45, 7) is 2.34. The van der Waals surface area contributed by atoms with Crippen LogP contribution in [0.2, 0.25) is 0 Å². The third-order valence-corrected chi connectivity index (χ3v) is 4.91. The molecule has 1 aliphatic rings. The van der Waals surface area contributed by atoms with E-state index in [4.69, 9.17) is 4.74 Å². The first-order chi connectivity index (χ1) is 13.1. The molecule has 1 atom stereocenters. The Hall–Kier alpha value is -2.80. The van der Waals surface area contributed by atoms with Crippen LogP contribution in [0.3, 0.4) is 0 Å². The number of amides is 1. The highest BCUT2D eigenvalue weighted by Crippen LogP contribution is 2.32. The monoisotopic (exact) mass is 368 g/mol. The standard InChI is InChI=1S/C20H21FN4O2/c1-12(13-3-4-13)23-20(26)17-10-22-25-16(11-27-2)9-18(24-19(17)25)14-5-7-15(21)8-6-14/h5-10,12-13H,3-4,11H2,1-2H3,(H,23,26)/t12-/m0/s1.